The van der Waals surface area contributed by atoms with E-state index in [4.69, 9.17) is 4.74 Å². The van der Waals surface area contributed by atoms with E-state index < -0.39 is 0 Å². The number of amides is 2. The normalized spacial score (nSPS) is 15.8. The third-order valence-corrected chi connectivity index (χ3v) is 6.44. The first-order valence-corrected chi connectivity index (χ1v) is 12.0. The van der Waals surface area contributed by atoms with Crippen LogP contribution in [0.4, 0.5) is 0 Å². The zero-order valence-electron chi connectivity index (χ0n) is 20.2. The lowest BCUT2D eigenvalue weighted by atomic mass is 9.95. The summed E-state index contributed by atoms with van der Waals surface area (Å²) in [5.41, 5.74) is 3.77. The Balaban J connectivity index is 1.39. The molecule has 182 valence electrons. The minimum Gasteiger partial charge on any atom is -0.496 e. The summed E-state index contributed by atoms with van der Waals surface area (Å²) in [4.78, 5) is 40.0. The zero-order valence-corrected chi connectivity index (χ0v) is 20.2. The predicted molar refractivity (Wildman–Crippen MR) is 132 cm³/mol. The number of hydrogen-bond donors (Lipinski definition) is 1. The molecule has 1 aliphatic rings. The van der Waals surface area contributed by atoms with Gasteiger partial charge in [-0.25, -0.2) is 9.97 Å². The van der Waals surface area contributed by atoms with Gasteiger partial charge < -0.3 is 15.0 Å². The summed E-state index contributed by atoms with van der Waals surface area (Å²) in [7, 11) is 3.25. The fourth-order valence-corrected chi connectivity index (χ4v) is 4.56. The third kappa shape index (κ3) is 6.20. The first kappa shape index (κ1) is 24.3. The number of carbonyl (C=O) groups is 2. The number of likely N-dealkylation sites (tertiary alicyclic amines) is 1. The van der Waals surface area contributed by atoms with Crippen molar-refractivity contribution >= 4 is 11.8 Å². The molecular weight excluding hydrogens is 442 g/mol. The Kier molecular flexibility index (Phi) is 8.03. The summed E-state index contributed by atoms with van der Waals surface area (Å²) in [5, 5.41) is 2.59. The van der Waals surface area contributed by atoms with E-state index in [0.717, 1.165) is 54.9 Å². The first-order chi connectivity index (χ1) is 17.1. The lowest BCUT2D eigenvalue weighted by Gasteiger charge is -2.21. The highest BCUT2D eigenvalue weighted by atomic mass is 16.5. The minimum absolute atomic E-state index is 0.0401. The molecule has 8 heteroatoms. The Bertz CT molecular complexity index is 1180. The van der Waals surface area contributed by atoms with Gasteiger partial charge in [0.1, 0.15) is 17.8 Å². The van der Waals surface area contributed by atoms with Crippen molar-refractivity contribution in [1.82, 2.24) is 25.2 Å². The second kappa shape index (κ2) is 11.6. The van der Waals surface area contributed by atoms with Crippen LogP contribution in [0.25, 0.3) is 0 Å². The van der Waals surface area contributed by atoms with Gasteiger partial charge in [-0.1, -0.05) is 18.2 Å². The van der Waals surface area contributed by atoms with Gasteiger partial charge >= 0.3 is 0 Å². The summed E-state index contributed by atoms with van der Waals surface area (Å²) in [6.45, 7) is 1.42. The predicted octanol–water partition coefficient (Wildman–Crippen LogP) is 3.32. The average molecular weight is 474 g/mol. The van der Waals surface area contributed by atoms with Crippen LogP contribution in [0.2, 0.25) is 0 Å². The molecule has 0 unspecified atom stereocenters. The molecule has 0 bridgehead atoms. The Morgan fingerprint density at radius 3 is 2.74 bits per heavy atom. The molecule has 1 aromatic carbocycles. The molecule has 8 nitrogen and oxygen atoms in total. The number of nitrogens with one attached hydrogen (secondary N) is 1. The zero-order chi connectivity index (χ0) is 24.6. The molecule has 1 N–H and O–H groups in total. The maximum Gasteiger partial charge on any atom is 0.269 e. The van der Waals surface area contributed by atoms with Crippen LogP contribution in [0.15, 0.2) is 55.0 Å². The molecule has 4 rings (SSSR count). The molecule has 0 saturated carbocycles. The van der Waals surface area contributed by atoms with Crippen LogP contribution in [-0.4, -0.2) is 58.9 Å². The molecule has 2 amide bonds. The van der Waals surface area contributed by atoms with E-state index in [9.17, 15) is 9.59 Å². The van der Waals surface area contributed by atoms with Gasteiger partial charge in [0.15, 0.2) is 0 Å². The average Bonchev–Trinajstić information content (AvgIpc) is 3.14. The smallest absolute Gasteiger partial charge is 0.269 e. The van der Waals surface area contributed by atoms with Gasteiger partial charge in [0.2, 0.25) is 0 Å². The number of benzene rings is 1. The van der Waals surface area contributed by atoms with Crippen LogP contribution >= 0.6 is 0 Å². The van der Waals surface area contributed by atoms with E-state index in [0.29, 0.717) is 30.1 Å². The lowest BCUT2D eigenvalue weighted by Crippen LogP contribution is -2.32. The largest absolute Gasteiger partial charge is 0.496 e. The van der Waals surface area contributed by atoms with Gasteiger partial charge in [0.25, 0.3) is 11.8 Å². The number of nitrogens with zero attached hydrogens (tertiary/aromatic N) is 4. The number of pyridine rings is 1. The van der Waals surface area contributed by atoms with Crippen LogP contribution in [0.5, 0.6) is 5.75 Å². The summed E-state index contributed by atoms with van der Waals surface area (Å²) >= 11 is 0. The van der Waals surface area contributed by atoms with Crippen molar-refractivity contribution in [2.24, 2.45) is 5.92 Å². The van der Waals surface area contributed by atoms with E-state index in [2.05, 4.69) is 20.3 Å². The number of rotatable bonds is 7. The van der Waals surface area contributed by atoms with Gasteiger partial charge in [0.05, 0.1) is 7.11 Å². The van der Waals surface area contributed by atoms with Gasteiger partial charge in [-0.05, 0) is 55.9 Å². The monoisotopic (exact) mass is 473 g/mol. The van der Waals surface area contributed by atoms with Crippen molar-refractivity contribution in [3.63, 3.8) is 0 Å². The van der Waals surface area contributed by atoms with Crippen LogP contribution in [-0.2, 0) is 12.8 Å². The van der Waals surface area contributed by atoms with Crippen LogP contribution in [0, 0.1) is 5.92 Å². The molecule has 2 aromatic heterocycles. The van der Waals surface area contributed by atoms with Crippen LogP contribution in [0.3, 0.4) is 0 Å². The Morgan fingerprint density at radius 1 is 1.06 bits per heavy atom. The van der Waals surface area contributed by atoms with E-state index in [1.54, 1.807) is 32.5 Å². The molecule has 1 atom stereocenters. The fourth-order valence-electron chi connectivity index (χ4n) is 4.56. The molecule has 3 heterocycles. The van der Waals surface area contributed by atoms with E-state index >= 15 is 0 Å². The lowest BCUT2D eigenvalue weighted by molar-refractivity contribution is 0.0759. The molecular formula is C27H31N5O3. The highest BCUT2D eigenvalue weighted by Gasteiger charge is 2.23. The van der Waals surface area contributed by atoms with Crippen LogP contribution < -0.4 is 10.1 Å². The van der Waals surface area contributed by atoms with Crippen LogP contribution in [0.1, 0.15) is 57.1 Å². The quantitative estimate of drug-likeness (QED) is 0.565. The molecule has 0 radical (unpaired) electrons. The van der Waals surface area contributed by atoms with Gasteiger partial charge in [-0.15, -0.1) is 0 Å². The fraction of sp³-hybridized carbons (Fsp3) is 0.370. The van der Waals surface area contributed by atoms with E-state index in [-0.39, 0.29) is 11.8 Å². The third-order valence-electron chi connectivity index (χ3n) is 6.44. The van der Waals surface area contributed by atoms with Gasteiger partial charge in [0, 0.05) is 55.3 Å². The molecule has 1 aliphatic heterocycles. The van der Waals surface area contributed by atoms with Gasteiger partial charge in [-0.3, -0.25) is 14.6 Å². The summed E-state index contributed by atoms with van der Waals surface area (Å²) < 4.78 is 5.45. The van der Waals surface area contributed by atoms with E-state index in [1.807, 2.05) is 35.2 Å². The second-order valence-corrected chi connectivity index (χ2v) is 8.79. The number of ether oxygens (including phenoxy) is 1. The topological polar surface area (TPSA) is 97.3 Å². The van der Waals surface area contributed by atoms with Crippen molar-refractivity contribution < 1.29 is 14.3 Å². The van der Waals surface area contributed by atoms with Crippen molar-refractivity contribution in [2.45, 2.75) is 32.1 Å². The highest BCUT2D eigenvalue weighted by Crippen LogP contribution is 2.24. The number of hydrogen-bond acceptors (Lipinski definition) is 6. The molecule has 1 saturated heterocycles. The SMILES string of the molecule is CNC(=O)c1cc(C[C@H]2CCCN(C(=O)c3ccnc(Cc4ccccc4OC)c3)CC2)ncn1. The minimum atomic E-state index is -0.214. The Labute approximate surface area is 205 Å². The molecule has 3 aromatic rings. The first-order valence-electron chi connectivity index (χ1n) is 12.0. The van der Waals surface area contributed by atoms with Crippen molar-refractivity contribution in [3.8, 4) is 5.75 Å². The number of aromatic nitrogens is 3. The number of carbonyl (C=O) groups excluding carboxylic acids is 2. The maximum absolute atomic E-state index is 13.3. The van der Waals surface area contributed by atoms with Gasteiger partial charge in [-0.2, -0.15) is 0 Å². The molecule has 35 heavy (non-hydrogen) atoms. The van der Waals surface area contributed by atoms with Crippen molar-refractivity contribution in [1.29, 1.82) is 0 Å². The summed E-state index contributed by atoms with van der Waals surface area (Å²) in [5.74, 6) is 1.04. The number of para-hydroxylation sites is 1. The standard InChI is InChI=1S/C27H31N5O3/c1-28-26(33)24-17-22(30-18-31-24)14-19-6-5-12-32(13-10-19)27(34)21-9-11-29-23(16-21)15-20-7-3-4-8-25(20)35-2/h3-4,7-9,11,16-19H,5-6,10,12-15H2,1-2H3,(H,28,33)/t19-/m0/s1. The number of methoxy groups -OCH3 is 1. The van der Waals surface area contributed by atoms with E-state index in [1.165, 1.54) is 6.33 Å². The van der Waals surface area contributed by atoms with Crippen molar-refractivity contribution in [2.75, 3.05) is 27.2 Å². The summed E-state index contributed by atoms with van der Waals surface area (Å²) in [6, 6.07) is 13.3. The molecule has 1 fully saturated rings. The maximum atomic E-state index is 13.3. The molecule has 0 spiro atoms. The van der Waals surface area contributed by atoms with Crippen molar-refractivity contribution in [3.05, 3.63) is 83.2 Å². The Morgan fingerprint density at radius 2 is 1.91 bits per heavy atom. The Hall–Kier alpha value is -3.81. The second-order valence-electron chi connectivity index (χ2n) is 8.79. The summed E-state index contributed by atoms with van der Waals surface area (Å²) in [6.07, 6.45) is 7.36. The highest BCUT2D eigenvalue weighted by molar-refractivity contribution is 5.94. The molecule has 0 aliphatic carbocycles.